The van der Waals surface area contributed by atoms with E-state index in [4.69, 9.17) is 0 Å². The van der Waals surface area contributed by atoms with Gasteiger partial charge in [0.15, 0.2) is 0 Å². The Morgan fingerprint density at radius 3 is 2.70 bits per heavy atom. The maximum atomic E-state index is 12.5. The molecule has 2 heterocycles. The molecule has 0 aromatic carbocycles. The quantitative estimate of drug-likeness (QED) is 0.936. The van der Waals surface area contributed by atoms with Gasteiger partial charge in [0.1, 0.15) is 10.7 Å². The molecule has 0 radical (unpaired) electrons. The first kappa shape index (κ1) is 14.7. The summed E-state index contributed by atoms with van der Waals surface area (Å²) in [5.41, 5.74) is -0.962. The van der Waals surface area contributed by atoms with Crippen LogP contribution in [0.2, 0.25) is 0 Å². The van der Waals surface area contributed by atoms with Gasteiger partial charge in [-0.3, -0.25) is 0 Å². The number of alkyl halides is 3. The highest BCUT2D eigenvalue weighted by Gasteiger charge is 2.32. The van der Waals surface area contributed by atoms with Gasteiger partial charge in [-0.2, -0.15) is 13.2 Å². The highest BCUT2D eigenvalue weighted by molar-refractivity contribution is 7.11. The van der Waals surface area contributed by atoms with Crippen molar-refractivity contribution in [2.75, 3.05) is 5.32 Å². The van der Waals surface area contributed by atoms with E-state index in [1.165, 1.54) is 11.3 Å². The van der Waals surface area contributed by atoms with Crippen LogP contribution in [0.1, 0.15) is 35.5 Å². The van der Waals surface area contributed by atoms with E-state index >= 15 is 0 Å². The SMILES string of the molecule is CCc1cnc(C(C)Nc2nccc(C(F)(F)F)n2)s1. The summed E-state index contributed by atoms with van der Waals surface area (Å²) in [5.74, 6) is -0.0550. The van der Waals surface area contributed by atoms with Gasteiger partial charge >= 0.3 is 6.18 Å². The fourth-order valence-corrected chi connectivity index (χ4v) is 2.39. The largest absolute Gasteiger partial charge is 0.433 e. The zero-order chi connectivity index (χ0) is 14.8. The second-order valence-electron chi connectivity index (χ2n) is 4.15. The number of anilines is 1. The molecule has 0 aliphatic rings. The number of nitrogens with one attached hydrogen (secondary N) is 1. The third kappa shape index (κ3) is 3.44. The summed E-state index contributed by atoms with van der Waals surface area (Å²) in [4.78, 5) is 12.6. The predicted octanol–water partition coefficient (Wildman–Crippen LogP) is 3.69. The van der Waals surface area contributed by atoms with Gasteiger partial charge in [0.25, 0.3) is 0 Å². The second-order valence-corrected chi connectivity index (χ2v) is 5.29. The summed E-state index contributed by atoms with van der Waals surface area (Å²) in [7, 11) is 0. The monoisotopic (exact) mass is 302 g/mol. The van der Waals surface area contributed by atoms with Crippen molar-refractivity contribution in [3.63, 3.8) is 0 Å². The lowest BCUT2D eigenvalue weighted by atomic mass is 10.3. The molecule has 1 unspecified atom stereocenters. The number of aromatic nitrogens is 3. The smallest absolute Gasteiger partial charge is 0.345 e. The van der Waals surface area contributed by atoms with Crippen LogP contribution < -0.4 is 5.32 Å². The molecule has 0 amide bonds. The maximum Gasteiger partial charge on any atom is 0.433 e. The van der Waals surface area contributed by atoms with Crippen LogP contribution in [0.15, 0.2) is 18.5 Å². The van der Waals surface area contributed by atoms with Crippen LogP contribution in [0.5, 0.6) is 0 Å². The van der Waals surface area contributed by atoms with Crippen LogP contribution >= 0.6 is 11.3 Å². The van der Waals surface area contributed by atoms with Crippen molar-refractivity contribution in [2.45, 2.75) is 32.5 Å². The van der Waals surface area contributed by atoms with Crippen molar-refractivity contribution in [2.24, 2.45) is 0 Å². The molecule has 0 saturated heterocycles. The van der Waals surface area contributed by atoms with Gasteiger partial charge < -0.3 is 5.32 Å². The second kappa shape index (κ2) is 5.74. The van der Waals surface area contributed by atoms with Crippen molar-refractivity contribution in [1.82, 2.24) is 15.0 Å². The Labute approximate surface area is 118 Å². The highest BCUT2D eigenvalue weighted by Crippen LogP contribution is 2.28. The van der Waals surface area contributed by atoms with Gasteiger partial charge in [-0.1, -0.05) is 6.92 Å². The Bertz CT molecular complexity index is 582. The van der Waals surface area contributed by atoms with E-state index in [2.05, 4.69) is 20.3 Å². The molecule has 4 nitrogen and oxygen atoms in total. The van der Waals surface area contributed by atoms with Gasteiger partial charge in [-0.05, 0) is 19.4 Å². The van der Waals surface area contributed by atoms with Crippen LogP contribution in [0.4, 0.5) is 19.1 Å². The molecule has 1 N–H and O–H groups in total. The number of halogens is 3. The summed E-state index contributed by atoms with van der Waals surface area (Å²) >= 11 is 1.52. The van der Waals surface area contributed by atoms with E-state index in [9.17, 15) is 13.2 Å². The molecule has 2 aromatic rings. The molecule has 0 saturated carbocycles. The third-order valence-corrected chi connectivity index (χ3v) is 3.91. The zero-order valence-electron chi connectivity index (χ0n) is 10.9. The fraction of sp³-hybridized carbons (Fsp3) is 0.417. The Morgan fingerprint density at radius 2 is 2.10 bits per heavy atom. The minimum Gasteiger partial charge on any atom is -0.345 e. The summed E-state index contributed by atoms with van der Waals surface area (Å²) in [6.45, 7) is 3.83. The number of thiazole rings is 1. The summed E-state index contributed by atoms with van der Waals surface area (Å²) < 4.78 is 37.6. The van der Waals surface area contributed by atoms with Crippen molar-refractivity contribution >= 4 is 17.3 Å². The molecule has 8 heteroatoms. The van der Waals surface area contributed by atoms with Crippen LogP contribution in [-0.4, -0.2) is 15.0 Å². The van der Waals surface area contributed by atoms with Gasteiger partial charge in [-0.15, -0.1) is 11.3 Å². The molecule has 0 aliphatic heterocycles. The van der Waals surface area contributed by atoms with Crippen LogP contribution in [0.3, 0.4) is 0 Å². The number of nitrogens with zero attached hydrogens (tertiary/aromatic N) is 3. The zero-order valence-corrected chi connectivity index (χ0v) is 11.7. The van der Waals surface area contributed by atoms with Crippen LogP contribution in [0.25, 0.3) is 0 Å². The van der Waals surface area contributed by atoms with Gasteiger partial charge in [0.05, 0.1) is 6.04 Å². The number of hydrogen-bond acceptors (Lipinski definition) is 5. The van der Waals surface area contributed by atoms with Crippen molar-refractivity contribution in [1.29, 1.82) is 0 Å². The summed E-state index contributed by atoms with van der Waals surface area (Å²) in [6.07, 6.45) is -0.737. The Kier molecular flexibility index (Phi) is 4.22. The summed E-state index contributed by atoms with van der Waals surface area (Å²) in [5, 5.41) is 3.63. The lowest BCUT2D eigenvalue weighted by molar-refractivity contribution is -0.141. The fourth-order valence-electron chi connectivity index (χ4n) is 1.53. The molecule has 0 bridgehead atoms. The standard InChI is InChI=1S/C12H13F3N4S/c1-3-8-6-17-10(20-8)7(2)18-11-16-5-4-9(19-11)12(13,14)15/h4-7H,3H2,1-2H3,(H,16,18,19). The van der Waals surface area contributed by atoms with Gasteiger partial charge in [0.2, 0.25) is 5.95 Å². The molecule has 1 atom stereocenters. The number of hydrogen-bond donors (Lipinski definition) is 1. The van der Waals surface area contributed by atoms with E-state index in [-0.39, 0.29) is 12.0 Å². The van der Waals surface area contributed by atoms with Crippen molar-refractivity contribution in [3.8, 4) is 0 Å². The molecule has 20 heavy (non-hydrogen) atoms. The number of aryl methyl sites for hydroxylation is 1. The Hall–Kier alpha value is -1.70. The molecule has 108 valence electrons. The van der Waals surface area contributed by atoms with Crippen LogP contribution in [-0.2, 0) is 12.6 Å². The van der Waals surface area contributed by atoms with E-state index in [0.29, 0.717) is 0 Å². The minimum absolute atomic E-state index is 0.0550. The molecule has 0 fully saturated rings. The highest BCUT2D eigenvalue weighted by atomic mass is 32.1. The topological polar surface area (TPSA) is 50.7 Å². The van der Waals surface area contributed by atoms with Gasteiger partial charge in [0, 0.05) is 17.3 Å². The molecule has 2 aromatic heterocycles. The Morgan fingerprint density at radius 1 is 1.35 bits per heavy atom. The predicted molar refractivity (Wildman–Crippen MR) is 70.6 cm³/mol. The molecular weight excluding hydrogens is 289 g/mol. The van der Waals surface area contributed by atoms with Crippen molar-refractivity contribution in [3.05, 3.63) is 34.0 Å². The van der Waals surface area contributed by atoms with E-state index in [1.54, 1.807) is 6.20 Å². The first-order chi connectivity index (χ1) is 9.40. The van der Waals surface area contributed by atoms with E-state index in [0.717, 1.165) is 28.6 Å². The normalized spacial score (nSPS) is 13.2. The molecule has 0 aliphatic carbocycles. The van der Waals surface area contributed by atoms with Crippen LogP contribution in [0, 0.1) is 0 Å². The average molecular weight is 302 g/mol. The first-order valence-electron chi connectivity index (χ1n) is 6.01. The van der Waals surface area contributed by atoms with Gasteiger partial charge in [-0.25, -0.2) is 15.0 Å². The molecular formula is C12H13F3N4S. The lowest BCUT2D eigenvalue weighted by Gasteiger charge is -2.12. The van der Waals surface area contributed by atoms with E-state index < -0.39 is 11.9 Å². The minimum atomic E-state index is -4.47. The summed E-state index contributed by atoms with van der Waals surface area (Å²) in [6, 6.07) is 0.595. The molecule has 0 spiro atoms. The molecule has 2 rings (SSSR count). The average Bonchev–Trinajstić information content (AvgIpc) is 2.87. The maximum absolute atomic E-state index is 12.5. The first-order valence-corrected chi connectivity index (χ1v) is 6.83. The third-order valence-electron chi connectivity index (χ3n) is 2.58. The van der Waals surface area contributed by atoms with Crippen molar-refractivity contribution < 1.29 is 13.2 Å². The Balaban J connectivity index is 2.13. The number of rotatable bonds is 4. The van der Waals surface area contributed by atoms with E-state index in [1.807, 2.05) is 13.8 Å². The lowest BCUT2D eigenvalue weighted by Crippen LogP contribution is -2.13.